The van der Waals surface area contributed by atoms with Crippen molar-refractivity contribution in [3.63, 3.8) is 0 Å². The summed E-state index contributed by atoms with van der Waals surface area (Å²) in [6.45, 7) is 1.90. The second kappa shape index (κ2) is 7.23. The highest BCUT2D eigenvalue weighted by Gasteiger charge is 2.13. The summed E-state index contributed by atoms with van der Waals surface area (Å²) in [5, 5.41) is 18.2. The maximum absolute atomic E-state index is 12.1. The maximum Gasteiger partial charge on any atom is 0.225 e. The first-order valence-electron chi connectivity index (χ1n) is 7.50. The van der Waals surface area contributed by atoms with Crippen LogP contribution in [0, 0.1) is 6.92 Å². The number of aryl methyl sites for hydroxylation is 1. The summed E-state index contributed by atoms with van der Waals surface area (Å²) in [5.74, 6) is 0.446. The van der Waals surface area contributed by atoms with Crippen molar-refractivity contribution in [3.8, 4) is 11.3 Å². The van der Waals surface area contributed by atoms with Gasteiger partial charge in [-0.1, -0.05) is 23.7 Å². The molecule has 0 unspecified atom stereocenters. The van der Waals surface area contributed by atoms with Gasteiger partial charge in [0.1, 0.15) is 0 Å². The van der Waals surface area contributed by atoms with Crippen LogP contribution >= 0.6 is 11.6 Å². The molecule has 1 aromatic carbocycles. The molecular formula is C17H16ClN5O. The van der Waals surface area contributed by atoms with E-state index in [9.17, 15) is 4.79 Å². The lowest BCUT2D eigenvalue weighted by Gasteiger charge is -2.04. The molecular weight excluding hydrogens is 326 g/mol. The van der Waals surface area contributed by atoms with Gasteiger partial charge in [-0.05, 0) is 37.1 Å². The number of nitrogens with one attached hydrogen (secondary N) is 2. The highest BCUT2D eigenvalue weighted by atomic mass is 35.5. The molecule has 1 amide bonds. The number of benzene rings is 1. The minimum absolute atomic E-state index is 0.0843. The zero-order valence-electron chi connectivity index (χ0n) is 13.1. The van der Waals surface area contributed by atoms with Gasteiger partial charge in [0, 0.05) is 22.6 Å². The Kier molecular flexibility index (Phi) is 4.86. The fraction of sp³-hybridized carbons (Fsp3) is 0.176. The van der Waals surface area contributed by atoms with Crippen molar-refractivity contribution < 1.29 is 4.79 Å². The number of hydrogen-bond donors (Lipinski definition) is 2. The zero-order chi connectivity index (χ0) is 16.9. The van der Waals surface area contributed by atoms with E-state index in [-0.39, 0.29) is 5.91 Å². The van der Waals surface area contributed by atoms with Gasteiger partial charge in [0.05, 0.1) is 18.1 Å². The molecule has 0 radical (unpaired) electrons. The minimum atomic E-state index is -0.0843. The third-order valence-corrected chi connectivity index (χ3v) is 3.95. The Morgan fingerprint density at radius 2 is 2.00 bits per heavy atom. The zero-order valence-corrected chi connectivity index (χ0v) is 13.8. The molecule has 0 spiro atoms. The molecule has 0 aliphatic carbocycles. The average Bonchev–Trinajstić information content (AvgIpc) is 2.96. The SMILES string of the molecule is Cc1c(NC(=O)CCc2ccc(Cl)cc2)n[nH]c1-c1ccnnc1. The lowest BCUT2D eigenvalue weighted by molar-refractivity contribution is -0.116. The van der Waals surface area contributed by atoms with E-state index in [0.29, 0.717) is 23.7 Å². The predicted molar refractivity (Wildman–Crippen MR) is 92.8 cm³/mol. The van der Waals surface area contributed by atoms with Gasteiger partial charge in [0.2, 0.25) is 5.91 Å². The molecule has 0 saturated heterocycles. The molecule has 2 N–H and O–H groups in total. The standard InChI is InChI=1S/C17H16ClN5O/c1-11-16(13-8-9-19-20-10-13)22-23-17(11)21-15(24)7-4-12-2-5-14(18)6-3-12/h2-3,5-6,8-10H,4,7H2,1H3,(H2,21,22,23,24). The Morgan fingerprint density at radius 3 is 2.71 bits per heavy atom. The van der Waals surface area contributed by atoms with E-state index in [4.69, 9.17) is 11.6 Å². The molecule has 2 aromatic heterocycles. The van der Waals surface area contributed by atoms with Crippen LogP contribution in [0.4, 0.5) is 5.82 Å². The summed E-state index contributed by atoms with van der Waals surface area (Å²) < 4.78 is 0. The Labute approximate surface area is 144 Å². The molecule has 122 valence electrons. The van der Waals surface area contributed by atoms with Crippen LogP contribution < -0.4 is 5.32 Å². The highest BCUT2D eigenvalue weighted by molar-refractivity contribution is 6.30. The molecule has 0 aliphatic heterocycles. The summed E-state index contributed by atoms with van der Waals surface area (Å²) in [7, 11) is 0. The molecule has 3 rings (SSSR count). The van der Waals surface area contributed by atoms with E-state index in [1.165, 1.54) is 0 Å². The summed E-state index contributed by atoms with van der Waals surface area (Å²) in [6.07, 6.45) is 4.28. The lowest BCUT2D eigenvalue weighted by atomic mass is 10.1. The van der Waals surface area contributed by atoms with E-state index in [2.05, 4.69) is 25.7 Å². The van der Waals surface area contributed by atoms with Crippen LogP contribution in [0.15, 0.2) is 42.7 Å². The van der Waals surface area contributed by atoms with Crippen LogP contribution in [0.5, 0.6) is 0 Å². The Bertz CT molecular complexity index is 830. The topological polar surface area (TPSA) is 83.6 Å². The second-order valence-corrected chi connectivity index (χ2v) is 5.81. The number of carbonyl (C=O) groups is 1. The van der Waals surface area contributed by atoms with Crippen LogP contribution in [-0.2, 0) is 11.2 Å². The van der Waals surface area contributed by atoms with Gasteiger partial charge in [-0.3, -0.25) is 9.89 Å². The van der Waals surface area contributed by atoms with Crippen molar-refractivity contribution in [2.45, 2.75) is 19.8 Å². The normalized spacial score (nSPS) is 10.6. The molecule has 0 bridgehead atoms. The second-order valence-electron chi connectivity index (χ2n) is 5.38. The Morgan fingerprint density at radius 1 is 1.21 bits per heavy atom. The number of aromatic amines is 1. The minimum Gasteiger partial charge on any atom is -0.309 e. The van der Waals surface area contributed by atoms with Crippen molar-refractivity contribution in [2.75, 3.05) is 5.32 Å². The Hall–Kier alpha value is -2.73. The Balaban J connectivity index is 1.63. The summed E-state index contributed by atoms with van der Waals surface area (Å²) >= 11 is 5.85. The van der Waals surface area contributed by atoms with Crippen LogP contribution in [0.25, 0.3) is 11.3 Å². The number of amides is 1. The van der Waals surface area contributed by atoms with Crippen LogP contribution in [0.2, 0.25) is 5.02 Å². The van der Waals surface area contributed by atoms with Crippen molar-refractivity contribution in [2.24, 2.45) is 0 Å². The lowest BCUT2D eigenvalue weighted by Crippen LogP contribution is -2.13. The molecule has 0 saturated carbocycles. The smallest absolute Gasteiger partial charge is 0.225 e. The third kappa shape index (κ3) is 3.78. The molecule has 7 heteroatoms. The third-order valence-electron chi connectivity index (χ3n) is 3.69. The van der Waals surface area contributed by atoms with Crippen molar-refractivity contribution in [1.29, 1.82) is 0 Å². The van der Waals surface area contributed by atoms with Crippen molar-refractivity contribution in [1.82, 2.24) is 20.4 Å². The molecule has 6 nitrogen and oxygen atoms in total. The molecule has 24 heavy (non-hydrogen) atoms. The van der Waals surface area contributed by atoms with Gasteiger partial charge in [0.25, 0.3) is 0 Å². The molecule has 3 aromatic rings. The van der Waals surface area contributed by atoms with Gasteiger partial charge in [-0.2, -0.15) is 15.3 Å². The number of carbonyl (C=O) groups excluding carboxylic acids is 1. The van der Waals surface area contributed by atoms with E-state index in [1.807, 2.05) is 37.3 Å². The van der Waals surface area contributed by atoms with Gasteiger partial charge >= 0.3 is 0 Å². The number of rotatable bonds is 5. The fourth-order valence-electron chi connectivity index (χ4n) is 2.34. The molecule has 2 heterocycles. The van der Waals surface area contributed by atoms with Crippen LogP contribution in [-0.4, -0.2) is 26.3 Å². The van der Waals surface area contributed by atoms with Gasteiger partial charge < -0.3 is 5.32 Å². The molecule has 0 aliphatic rings. The van der Waals surface area contributed by atoms with Crippen molar-refractivity contribution >= 4 is 23.3 Å². The van der Waals surface area contributed by atoms with E-state index in [0.717, 1.165) is 22.4 Å². The summed E-state index contributed by atoms with van der Waals surface area (Å²) in [4.78, 5) is 12.1. The van der Waals surface area contributed by atoms with Gasteiger partial charge in [0.15, 0.2) is 5.82 Å². The molecule has 0 fully saturated rings. The van der Waals surface area contributed by atoms with E-state index >= 15 is 0 Å². The quantitative estimate of drug-likeness (QED) is 0.745. The summed E-state index contributed by atoms with van der Waals surface area (Å²) in [6, 6.07) is 9.32. The summed E-state index contributed by atoms with van der Waals surface area (Å²) in [5.41, 5.74) is 3.62. The largest absolute Gasteiger partial charge is 0.309 e. The van der Waals surface area contributed by atoms with Crippen LogP contribution in [0.3, 0.4) is 0 Å². The van der Waals surface area contributed by atoms with Crippen molar-refractivity contribution in [3.05, 3.63) is 58.9 Å². The first-order valence-corrected chi connectivity index (χ1v) is 7.87. The highest BCUT2D eigenvalue weighted by Crippen LogP contribution is 2.24. The van der Waals surface area contributed by atoms with E-state index < -0.39 is 0 Å². The first kappa shape index (κ1) is 16.1. The number of hydrogen-bond acceptors (Lipinski definition) is 4. The number of H-pyrrole nitrogens is 1. The monoisotopic (exact) mass is 341 g/mol. The predicted octanol–water partition coefficient (Wildman–Crippen LogP) is 3.40. The van der Waals surface area contributed by atoms with Gasteiger partial charge in [-0.25, -0.2) is 0 Å². The first-order chi connectivity index (χ1) is 11.6. The molecule has 0 atom stereocenters. The van der Waals surface area contributed by atoms with E-state index in [1.54, 1.807) is 12.4 Å². The fourth-order valence-corrected chi connectivity index (χ4v) is 2.47. The number of anilines is 1. The van der Waals surface area contributed by atoms with Gasteiger partial charge in [-0.15, -0.1) is 0 Å². The van der Waals surface area contributed by atoms with Crippen LogP contribution in [0.1, 0.15) is 17.5 Å². The number of halogens is 1. The average molecular weight is 342 g/mol. The number of aromatic nitrogens is 4. The maximum atomic E-state index is 12.1. The number of nitrogens with zero attached hydrogens (tertiary/aromatic N) is 3.